The molecule has 33 heavy (non-hydrogen) atoms. The summed E-state index contributed by atoms with van der Waals surface area (Å²) in [5.41, 5.74) is 2.46. The van der Waals surface area contributed by atoms with Crippen LogP contribution in [0.3, 0.4) is 0 Å². The van der Waals surface area contributed by atoms with Gasteiger partial charge in [0.25, 0.3) is 0 Å². The van der Waals surface area contributed by atoms with Crippen LogP contribution in [0.1, 0.15) is 78.6 Å². The van der Waals surface area contributed by atoms with Crippen molar-refractivity contribution < 1.29 is 28.5 Å². The van der Waals surface area contributed by atoms with Crippen LogP contribution in [-0.4, -0.2) is 43.9 Å². The second-order valence-corrected chi connectivity index (χ2v) is 7.62. The molecule has 2 rings (SSSR count). The molecule has 0 aliphatic rings. The van der Waals surface area contributed by atoms with E-state index in [1.807, 2.05) is 6.07 Å². The summed E-state index contributed by atoms with van der Waals surface area (Å²) in [4.78, 5) is 30.2. The minimum atomic E-state index is -0.543. The molecule has 2 aromatic rings. The third-order valence-corrected chi connectivity index (χ3v) is 5.23. The van der Waals surface area contributed by atoms with Crippen LogP contribution in [0, 0.1) is 13.8 Å². The fourth-order valence-electron chi connectivity index (χ4n) is 3.70. The van der Waals surface area contributed by atoms with E-state index in [1.165, 1.54) is 6.42 Å². The largest absolute Gasteiger partial charge is 0.493 e. The van der Waals surface area contributed by atoms with Crippen LogP contribution in [0.5, 0.6) is 11.5 Å². The van der Waals surface area contributed by atoms with Crippen LogP contribution in [0.15, 0.2) is 18.2 Å². The van der Waals surface area contributed by atoms with Gasteiger partial charge in [-0.3, -0.25) is 4.98 Å². The number of benzene rings is 1. The number of carbonyl (C=O) groups is 2. The van der Waals surface area contributed by atoms with E-state index < -0.39 is 11.9 Å². The quantitative estimate of drug-likeness (QED) is 0.299. The number of hydrogen-bond donors (Lipinski definition) is 0. The van der Waals surface area contributed by atoms with Crippen LogP contribution >= 0.6 is 0 Å². The minimum Gasteiger partial charge on any atom is -0.493 e. The van der Waals surface area contributed by atoms with Gasteiger partial charge in [0, 0.05) is 5.56 Å². The third kappa shape index (κ3) is 6.46. The van der Waals surface area contributed by atoms with Crippen LogP contribution in [0.4, 0.5) is 0 Å². The summed E-state index contributed by atoms with van der Waals surface area (Å²) < 4.78 is 22.1. The summed E-state index contributed by atoms with van der Waals surface area (Å²) in [5, 5.41) is 0. The Kier molecular flexibility index (Phi) is 10.2. The molecule has 0 saturated carbocycles. The number of ether oxygens (including phenoxy) is 4. The summed E-state index contributed by atoms with van der Waals surface area (Å²) in [7, 11) is 1.56. The minimum absolute atomic E-state index is 0.203. The summed E-state index contributed by atoms with van der Waals surface area (Å²) in [5.74, 6) is 0.0341. The van der Waals surface area contributed by atoms with Gasteiger partial charge in [0.2, 0.25) is 0 Å². The van der Waals surface area contributed by atoms with Gasteiger partial charge in [0.15, 0.2) is 11.5 Å². The van der Waals surface area contributed by atoms with Gasteiger partial charge in [0.05, 0.1) is 49.4 Å². The average molecular weight is 458 g/mol. The lowest BCUT2D eigenvalue weighted by molar-refractivity contribution is 0.0525. The maximum absolute atomic E-state index is 12.9. The number of aromatic nitrogens is 1. The van der Waals surface area contributed by atoms with Gasteiger partial charge in [-0.15, -0.1) is 0 Å². The highest BCUT2D eigenvalue weighted by Gasteiger charge is 2.28. The van der Waals surface area contributed by atoms with E-state index >= 15 is 0 Å². The predicted octanol–water partition coefficient (Wildman–Crippen LogP) is 5.69. The lowest BCUT2D eigenvalue weighted by atomic mass is 9.92. The van der Waals surface area contributed by atoms with E-state index in [4.69, 9.17) is 18.9 Å². The molecule has 180 valence electrons. The van der Waals surface area contributed by atoms with E-state index in [9.17, 15) is 9.59 Å². The maximum Gasteiger partial charge on any atom is 0.340 e. The van der Waals surface area contributed by atoms with Crippen LogP contribution < -0.4 is 9.47 Å². The fraction of sp³-hybridized carbons (Fsp3) is 0.500. The van der Waals surface area contributed by atoms with Crippen molar-refractivity contribution in [2.45, 2.75) is 60.3 Å². The zero-order valence-electron chi connectivity index (χ0n) is 20.6. The molecular weight excluding hydrogens is 422 g/mol. The van der Waals surface area contributed by atoms with Crippen LogP contribution in [-0.2, 0) is 9.47 Å². The number of esters is 2. The normalized spacial score (nSPS) is 10.6. The van der Waals surface area contributed by atoms with Crippen molar-refractivity contribution in [3.8, 4) is 22.6 Å². The summed E-state index contributed by atoms with van der Waals surface area (Å²) >= 11 is 0. The Hall–Kier alpha value is -3.09. The monoisotopic (exact) mass is 457 g/mol. The first-order chi connectivity index (χ1) is 15.9. The SMILES string of the molecule is CCCCCCOc1ccc(-c2c(C(=O)OCC)c(C)nc(C)c2C(=O)OCC)cc1OC. The molecule has 0 bridgehead atoms. The lowest BCUT2D eigenvalue weighted by Gasteiger charge is -2.19. The Balaban J connectivity index is 2.60. The zero-order valence-corrected chi connectivity index (χ0v) is 20.6. The number of nitrogens with zero attached hydrogens (tertiary/aromatic N) is 1. The molecule has 0 amide bonds. The van der Waals surface area contributed by atoms with Crippen LogP contribution in [0.2, 0.25) is 0 Å². The highest BCUT2D eigenvalue weighted by molar-refractivity contribution is 6.07. The summed E-state index contributed by atoms with van der Waals surface area (Å²) in [6.45, 7) is 10.1. The molecule has 0 N–H and O–H groups in total. The van der Waals surface area contributed by atoms with Crippen molar-refractivity contribution in [3.63, 3.8) is 0 Å². The summed E-state index contributed by atoms with van der Waals surface area (Å²) in [6.07, 6.45) is 4.40. The van der Waals surface area contributed by atoms with E-state index in [0.717, 1.165) is 19.3 Å². The van der Waals surface area contributed by atoms with Gasteiger partial charge in [-0.1, -0.05) is 32.3 Å². The Morgan fingerprint density at radius 1 is 0.848 bits per heavy atom. The Morgan fingerprint density at radius 3 is 1.97 bits per heavy atom. The molecule has 1 aromatic heterocycles. The summed E-state index contributed by atoms with van der Waals surface area (Å²) in [6, 6.07) is 5.37. The highest BCUT2D eigenvalue weighted by Crippen LogP contribution is 2.38. The van der Waals surface area contributed by atoms with Gasteiger partial charge in [0.1, 0.15) is 0 Å². The molecule has 7 nitrogen and oxygen atoms in total. The number of rotatable bonds is 12. The molecule has 0 unspecified atom stereocenters. The fourth-order valence-corrected chi connectivity index (χ4v) is 3.70. The first-order valence-corrected chi connectivity index (χ1v) is 11.6. The van der Waals surface area contributed by atoms with Gasteiger partial charge in [-0.2, -0.15) is 0 Å². The van der Waals surface area contributed by atoms with E-state index in [1.54, 1.807) is 46.9 Å². The average Bonchev–Trinajstić information content (AvgIpc) is 2.78. The number of unbranched alkanes of at least 4 members (excludes halogenated alkanes) is 3. The van der Waals surface area contributed by atoms with Gasteiger partial charge < -0.3 is 18.9 Å². The third-order valence-electron chi connectivity index (χ3n) is 5.23. The molecule has 0 atom stereocenters. The van der Waals surface area contributed by atoms with Crippen molar-refractivity contribution in [1.29, 1.82) is 0 Å². The zero-order chi connectivity index (χ0) is 24.4. The molecule has 0 radical (unpaired) electrons. The van der Waals surface area contributed by atoms with Crippen LogP contribution in [0.25, 0.3) is 11.1 Å². The smallest absolute Gasteiger partial charge is 0.340 e. The number of pyridine rings is 1. The molecule has 1 heterocycles. The molecular formula is C26H35NO6. The Morgan fingerprint density at radius 2 is 1.45 bits per heavy atom. The predicted molar refractivity (Wildman–Crippen MR) is 127 cm³/mol. The van der Waals surface area contributed by atoms with Crippen molar-refractivity contribution in [2.24, 2.45) is 0 Å². The number of carbonyl (C=O) groups excluding carboxylic acids is 2. The molecule has 0 aliphatic heterocycles. The van der Waals surface area contributed by atoms with Crippen molar-refractivity contribution in [2.75, 3.05) is 26.9 Å². The van der Waals surface area contributed by atoms with E-state index in [-0.39, 0.29) is 24.3 Å². The van der Waals surface area contributed by atoms with Crippen molar-refractivity contribution in [1.82, 2.24) is 4.98 Å². The lowest BCUT2D eigenvalue weighted by Crippen LogP contribution is -2.17. The second-order valence-electron chi connectivity index (χ2n) is 7.62. The number of methoxy groups -OCH3 is 1. The first kappa shape index (κ1) is 26.2. The van der Waals surface area contributed by atoms with E-state index in [2.05, 4.69) is 11.9 Å². The first-order valence-electron chi connectivity index (χ1n) is 11.6. The standard InChI is InChI=1S/C26H35NO6/c1-7-10-11-12-15-33-20-14-13-19(16-21(20)30-6)24-22(25(28)31-8-2)17(4)27-18(5)23(24)26(29)32-9-3/h13-14,16H,7-12,15H2,1-6H3. The van der Waals surface area contributed by atoms with Crippen molar-refractivity contribution in [3.05, 3.63) is 40.7 Å². The maximum atomic E-state index is 12.9. The Labute approximate surface area is 196 Å². The van der Waals surface area contributed by atoms with E-state index in [0.29, 0.717) is 40.6 Å². The molecule has 0 fully saturated rings. The van der Waals surface area contributed by atoms with Gasteiger partial charge >= 0.3 is 11.9 Å². The highest BCUT2D eigenvalue weighted by atomic mass is 16.5. The molecule has 7 heteroatoms. The molecule has 0 aliphatic carbocycles. The van der Waals surface area contributed by atoms with Gasteiger partial charge in [-0.25, -0.2) is 9.59 Å². The van der Waals surface area contributed by atoms with Crippen molar-refractivity contribution >= 4 is 11.9 Å². The number of hydrogen-bond acceptors (Lipinski definition) is 7. The molecule has 1 aromatic carbocycles. The Bertz CT molecular complexity index is 927. The second kappa shape index (κ2) is 12.8. The molecule has 0 spiro atoms. The topological polar surface area (TPSA) is 84.0 Å². The molecule has 0 saturated heterocycles. The van der Waals surface area contributed by atoms with Gasteiger partial charge in [-0.05, 0) is 51.8 Å². The number of aryl methyl sites for hydroxylation is 2.